The predicted octanol–water partition coefficient (Wildman–Crippen LogP) is 3.59. The minimum Gasteiger partial charge on any atom is -0.343 e. The molecule has 1 aliphatic rings. The number of aromatic nitrogens is 2. The van der Waals surface area contributed by atoms with E-state index in [1.807, 2.05) is 30.3 Å². The van der Waals surface area contributed by atoms with E-state index in [9.17, 15) is 18.8 Å². The number of imidazole rings is 1. The molecule has 218 valence electrons. The number of anilines is 1. The van der Waals surface area contributed by atoms with E-state index in [1.165, 1.54) is 18.5 Å². The summed E-state index contributed by atoms with van der Waals surface area (Å²) < 4.78 is 15.4. The summed E-state index contributed by atoms with van der Waals surface area (Å²) in [6.45, 7) is 6.23. The number of likely N-dealkylation sites (tertiary alicyclic amines) is 1. The quantitative estimate of drug-likeness (QED) is 0.330. The monoisotopic (exact) mass is 562 g/mol. The molecular formula is C31H39FN6O3. The second kappa shape index (κ2) is 12.6. The van der Waals surface area contributed by atoms with Crippen molar-refractivity contribution in [2.75, 3.05) is 18.4 Å². The predicted molar refractivity (Wildman–Crippen MR) is 155 cm³/mol. The van der Waals surface area contributed by atoms with Gasteiger partial charge in [-0.15, -0.1) is 0 Å². The molecule has 2 heterocycles. The van der Waals surface area contributed by atoms with Gasteiger partial charge in [0.05, 0.1) is 11.9 Å². The zero-order valence-electron chi connectivity index (χ0n) is 23.9. The Balaban J connectivity index is 1.54. The van der Waals surface area contributed by atoms with Crippen LogP contribution in [0.3, 0.4) is 0 Å². The fraction of sp³-hybridized carbons (Fsp3) is 0.419. The van der Waals surface area contributed by atoms with Gasteiger partial charge >= 0.3 is 0 Å². The van der Waals surface area contributed by atoms with E-state index in [0.29, 0.717) is 31.5 Å². The van der Waals surface area contributed by atoms with E-state index in [-0.39, 0.29) is 11.7 Å². The number of benzene rings is 2. The topological polar surface area (TPSA) is 122 Å². The number of nitrogens with two attached hydrogens (primary N) is 1. The smallest absolute Gasteiger partial charge is 0.253 e. The van der Waals surface area contributed by atoms with E-state index >= 15 is 0 Å². The highest BCUT2D eigenvalue weighted by atomic mass is 19.1. The molecule has 3 amide bonds. The number of hydrogen-bond acceptors (Lipinski definition) is 5. The molecule has 0 aliphatic carbocycles. The van der Waals surface area contributed by atoms with E-state index in [1.54, 1.807) is 48.6 Å². The molecule has 1 fully saturated rings. The average molecular weight is 563 g/mol. The van der Waals surface area contributed by atoms with Crippen molar-refractivity contribution >= 4 is 23.5 Å². The molecule has 0 bridgehead atoms. The number of carbonyl (C=O) groups is 3. The molecule has 4 rings (SSSR count). The molecule has 41 heavy (non-hydrogen) atoms. The molecule has 1 saturated heterocycles. The lowest BCUT2D eigenvalue weighted by Crippen LogP contribution is -2.54. The van der Waals surface area contributed by atoms with Gasteiger partial charge in [0.2, 0.25) is 11.8 Å². The molecule has 0 spiro atoms. The van der Waals surface area contributed by atoms with Gasteiger partial charge in [0.1, 0.15) is 17.4 Å². The van der Waals surface area contributed by atoms with Crippen molar-refractivity contribution in [3.05, 3.63) is 84.1 Å². The molecule has 10 heteroatoms. The van der Waals surface area contributed by atoms with E-state index in [0.717, 1.165) is 24.8 Å². The lowest BCUT2D eigenvalue weighted by molar-refractivity contribution is -0.137. The van der Waals surface area contributed by atoms with Gasteiger partial charge in [0, 0.05) is 19.3 Å². The lowest BCUT2D eigenvalue weighted by atomic mass is 9.90. The van der Waals surface area contributed by atoms with Crippen LogP contribution in [0, 0.1) is 5.82 Å². The Labute approximate surface area is 240 Å². The van der Waals surface area contributed by atoms with Crippen molar-refractivity contribution in [1.29, 1.82) is 0 Å². The molecule has 9 nitrogen and oxygen atoms in total. The minimum absolute atomic E-state index is 0.131. The van der Waals surface area contributed by atoms with Gasteiger partial charge < -0.3 is 25.8 Å². The Bertz CT molecular complexity index is 1350. The third kappa shape index (κ3) is 7.18. The van der Waals surface area contributed by atoms with Crippen molar-refractivity contribution in [3.63, 3.8) is 0 Å². The number of carbonyl (C=O) groups excluding carboxylic acids is 3. The molecule has 2 atom stereocenters. The first-order valence-corrected chi connectivity index (χ1v) is 14.0. The Morgan fingerprint density at radius 1 is 1.02 bits per heavy atom. The number of nitrogens with one attached hydrogen (secondary N) is 2. The first-order chi connectivity index (χ1) is 19.5. The maximum atomic E-state index is 13.8. The van der Waals surface area contributed by atoms with E-state index in [2.05, 4.69) is 15.6 Å². The van der Waals surface area contributed by atoms with Crippen LogP contribution in [0.15, 0.2) is 67.1 Å². The first kappa shape index (κ1) is 29.9. The van der Waals surface area contributed by atoms with Crippen LogP contribution in [-0.2, 0) is 26.3 Å². The highest BCUT2D eigenvalue weighted by molar-refractivity contribution is 5.98. The van der Waals surface area contributed by atoms with Gasteiger partial charge in [-0.3, -0.25) is 14.4 Å². The standard InChI is InChI=1S/C31H39FN6O3/c1-30(2,33)28(40)35-25(13-9-12-22-10-5-4-6-11-22)27(39)36-26-20-38(21-34-26)31(3,23-14-16-24(32)17-15-23)29(41)37-18-7-8-19-37/h4-6,10-11,14-17,20-21,25H,7-9,12-13,18-19,33H2,1-3H3,(H,35,40)(H,36,39)/t25-,31-/m1/s1. The highest BCUT2D eigenvalue weighted by Crippen LogP contribution is 2.31. The van der Waals surface area contributed by atoms with Crippen LogP contribution >= 0.6 is 0 Å². The van der Waals surface area contributed by atoms with Crippen molar-refractivity contribution < 1.29 is 18.8 Å². The van der Waals surface area contributed by atoms with Crippen LogP contribution in [0.25, 0.3) is 0 Å². The maximum Gasteiger partial charge on any atom is 0.253 e. The van der Waals surface area contributed by atoms with Crippen LogP contribution in [-0.4, -0.2) is 56.8 Å². The van der Waals surface area contributed by atoms with Crippen LogP contribution in [0.4, 0.5) is 10.2 Å². The Morgan fingerprint density at radius 3 is 2.32 bits per heavy atom. The molecule has 0 saturated carbocycles. The minimum atomic E-state index is -1.21. The van der Waals surface area contributed by atoms with Crippen LogP contribution in [0.1, 0.15) is 57.6 Å². The molecular weight excluding hydrogens is 523 g/mol. The summed E-state index contributed by atoms with van der Waals surface area (Å²) in [6, 6.07) is 14.9. The van der Waals surface area contributed by atoms with Gasteiger partial charge in [-0.1, -0.05) is 42.5 Å². The molecule has 2 aromatic carbocycles. The molecule has 0 radical (unpaired) electrons. The molecule has 4 N–H and O–H groups in total. The molecule has 1 aromatic heterocycles. The summed E-state index contributed by atoms with van der Waals surface area (Å²) in [4.78, 5) is 46.0. The van der Waals surface area contributed by atoms with Gasteiger partial charge in [0.15, 0.2) is 5.82 Å². The largest absolute Gasteiger partial charge is 0.343 e. The Kier molecular flexibility index (Phi) is 9.22. The number of aryl methyl sites for hydroxylation is 1. The van der Waals surface area contributed by atoms with Crippen LogP contribution in [0.2, 0.25) is 0 Å². The summed E-state index contributed by atoms with van der Waals surface area (Å²) in [5, 5.41) is 5.58. The summed E-state index contributed by atoms with van der Waals surface area (Å²) >= 11 is 0. The SMILES string of the molecule is CC(C)(N)C(=O)N[C@H](CCCc1ccccc1)C(=O)Nc1cn([C@@](C)(C(=O)N2CCCC2)c2ccc(F)cc2)cn1. The second-order valence-corrected chi connectivity index (χ2v) is 11.4. The first-order valence-electron chi connectivity index (χ1n) is 14.0. The van der Waals surface area contributed by atoms with Gasteiger partial charge in [0.25, 0.3) is 5.91 Å². The Morgan fingerprint density at radius 2 is 1.68 bits per heavy atom. The van der Waals surface area contributed by atoms with Gasteiger partial charge in [-0.2, -0.15) is 0 Å². The van der Waals surface area contributed by atoms with Crippen molar-refractivity contribution in [1.82, 2.24) is 19.8 Å². The average Bonchev–Trinajstić information content (AvgIpc) is 3.65. The maximum absolute atomic E-state index is 13.8. The lowest BCUT2D eigenvalue weighted by Gasteiger charge is -2.34. The summed E-state index contributed by atoms with van der Waals surface area (Å²) in [5.41, 5.74) is 5.35. The van der Waals surface area contributed by atoms with E-state index < -0.39 is 34.8 Å². The molecule has 1 aliphatic heterocycles. The van der Waals surface area contributed by atoms with Crippen molar-refractivity contribution in [3.8, 4) is 0 Å². The second-order valence-electron chi connectivity index (χ2n) is 11.4. The van der Waals surface area contributed by atoms with E-state index in [4.69, 9.17) is 5.73 Å². The third-order valence-electron chi connectivity index (χ3n) is 7.57. The Hall–Kier alpha value is -4.05. The van der Waals surface area contributed by atoms with Crippen LogP contribution < -0.4 is 16.4 Å². The number of amides is 3. The summed E-state index contributed by atoms with van der Waals surface area (Å²) in [7, 11) is 0. The van der Waals surface area contributed by atoms with Gasteiger partial charge in [-0.25, -0.2) is 9.37 Å². The number of halogens is 1. The van der Waals surface area contributed by atoms with Crippen molar-refractivity contribution in [2.24, 2.45) is 5.73 Å². The zero-order chi connectivity index (χ0) is 29.6. The van der Waals surface area contributed by atoms with Gasteiger partial charge in [-0.05, 0) is 76.1 Å². The number of nitrogens with zero attached hydrogens (tertiary/aromatic N) is 3. The fourth-order valence-corrected chi connectivity index (χ4v) is 5.00. The third-order valence-corrected chi connectivity index (χ3v) is 7.57. The zero-order valence-corrected chi connectivity index (χ0v) is 23.9. The summed E-state index contributed by atoms with van der Waals surface area (Å²) in [5.74, 6) is -1.18. The normalized spacial score (nSPS) is 15.7. The number of hydrogen-bond donors (Lipinski definition) is 3. The molecule has 3 aromatic rings. The van der Waals surface area contributed by atoms with Crippen LogP contribution in [0.5, 0.6) is 0 Å². The molecule has 0 unspecified atom stereocenters. The number of rotatable bonds is 11. The highest BCUT2D eigenvalue weighted by Gasteiger charge is 2.41. The fourth-order valence-electron chi connectivity index (χ4n) is 5.00. The summed E-state index contributed by atoms with van der Waals surface area (Å²) in [6.07, 6.45) is 6.72. The van der Waals surface area contributed by atoms with Crippen molar-refractivity contribution in [2.45, 2.75) is 70.0 Å².